The van der Waals surface area contributed by atoms with E-state index >= 15 is 0 Å². The van der Waals surface area contributed by atoms with Gasteiger partial charge in [0.05, 0.1) is 12.0 Å². The van der Waals surface area contributed by atoms with Crippen LogP contribution in [0.4, 0.5) is 0 Å². The van der Waals surface area contributed by atoms with E-state index in [0.717, 1.165) is 24.9 Å². The van der Waals surface area contributed by atoms with E-state index in [4.69, 9.17) is 0 Å². The number of nitrogens with zero attached hydrogens (tertiary/aromatic N) is 2. The standard InChI is InChI=1S/C14H24N2/c1-3-11-5-6-12(10-15)14(9-11)16(4-2)13-7-8-13/h11-14H,3-9H2,1-2H3. The molecule has 2 aliphatic rings. The number of rotatable bonds is 4. The molecule has 0 radical (unpaired) electrons. The molecule has 0 heterocycles. The van der Waals surface area contributed by atoms with Crippen molar-refractivity contribution in [1.29, 1.82) is 5.26 Å². The second kappa shape index (κ2) is 5.19. The van der Waals surface area contributed by atoms with Crippen LogP contribution in [0.5, 0.6) is 0 Å². The van der Waals surface area contributed by atoms with Crippen LogP contribution in [0.25, 0.3) is 0 Å². The quantitative estimate of drug-likeness (QED) is 0.727. The lowest BCUT2D eigenvalue weighted by molar-refractivity contribution is 0.0975. The Hall–Kier alpha value is -0.550. The van der Waals surface area contributed by atoms with Crippen molar-refractivity contribution in [3.8, 4) is 6.07 Å². The molecule has 2 heteroatoms. The van der Waals surface area contributed by atoms with E-state index in [1.807, 2.05) is 0 Å². The van der Waals surface area contributed by atoms with Crippen molar-refractivity contribution in [3.63, 3.8) is 0 Å². The molecule has 3 atom stereocenters. The van der Waals surface area contributed by atoms with E-state index < -0.39 is 0 Å². The van der Waals surface area contributed by atoms with Crippen molar-refractivity contribution in [2.45, 2.75) is 64.5 Å². The molecule has 2 saturated carbocycles. The van der Waals surface area contributed by atoms with Crippen LogP contribution >= 0.6 is 0 Å². The first-order valence-electron chi connectivity index (χ1n) is 6.95. The summed E-state index contributed by atoms with van der Waals surface area (Å²) in [6.07, 6.45) is 7.67. The van der Waals surface area contributed by atoms with Gasteiger partial charge in [-0.15, -0.1) is 0 Å². The van der Waals surface area contributed by atoms with Crippen LogP contribution in [0.1, 0.15) is 52.4 Å². The first-order valence-corrected chi connectivity index (χ1v) is 6.95. The topological polar surface area (TPSA) is 27.0 Å². The Labute approximate surface area is 99.6 Å². The van der Waals surface area contributed by atoms with Gasteiger partial charge in [-0.2, -0.15) is 5.26 Å². The molecule has 2 aliphatic carbocycles. The summed E-state index contributed by atoms with van der Waals surface area (Å²) in [5.74, 6) is 1.16. The summed E-state index contributed by atoms with van der Waals surface area (Å²) in [6.45, 7) is 5.67. The van der Waals surface area contributed by atoms with Gasteiger partial charge < -0.3 is 0 Å². The fourth-order valence-corrected chi connectivity index (χ4v) is 3.29. The second-order valence-electron chi connectivity index (χ2n) is 5.45. The van der Waals surface area contributed by atoms with Crippen LogP contribution in [-0.4, -0.2) is 23.5 Å². The number of nitriles is 1. The minimum atomic E-state index is 0.295. The lowest BCUT2D eigenvalue weighted by atomic mass is 9.77. The van der Waals surface area contributed by atoms with E-state index in [1.54, 1.807) is 0 Å². The normalized spacial score (nSPS) is 35.0. The van der Waals surface area contributed by atoms with Crippen molar-refractivity contribution >= 4 is 0 Å². The van der Waals surface area contributed by atoms with E-state index in [2.05, 4.69) is 24.8 Å². The van der Waals surface area contributed by atoms with Gasteiger partial charge >= 0.3 is 0 Å². The molecule has 2 fully saturated rings. The Balaban J connectivity index is 2.04. The third kappa shape index (κ3) is 2.40. The van der Waals surface area contributed by atoms with Crippen molar-refractivity contribution in [3.05, 3.63) is 0 Å². The molecular weight excluding hydrogens is 196 g/mol. The van der Waals surface area contributed by atoms with Gasteiger partial charge in [0.2, 0.25) is 0 Å². The van der Waals surface area contributed by atoms with Crippen molar-refractivity contribution in [2.24, 2.45) is 11.8 Å². The highest BCUT2D eigenvalue weighted by Crippen LogP contribution is 2.38. The van der Waals surface area contributed by atoms with E-state index in [9.17, 15) is 5.26 Å². The zero-order chi connectivity index (χ0) is 11.5. The fourth-order valence-electron chi connectivity index (χ4n) is 3.29. The van der Waals surface area contributed by atoms with Crippen molar-refractivity contribution < 1.29 is 0 Å². The summed E-state index contributed by atoms with van der Waals surface area (Å²) in [5, 5.41) is 9.29. The molecule has 0 bridgehead atoms. The van der Waals surface area contributed by atoms with Gasteiger partial charge in [-0.25, -0.2) is 0 Å². The maximum Gasteiger partial charge on any atom is 0.0672 e. The highest BCUT2D eigenvalue weighted by molar-refractivity contribution is 5.00. The molecule has 0 aromatic rings. The molecule has 0 aromatic carbocycles. The van der Waals surface area contributed by atoms with Crippen molar-refractivity contribution in [2.75, 3.05) is 6.54 Å². The SMILES string of the molecule is CCC1CCC(C#N)C(N(CC)C2CC2)C1. The van der Waals surface area contributed by atoms with Gasteiger partial charge in [-0.3, -0.25) is 4.90 Å². The minimum Gasteiger partial charge on any atom is -0.296 e. The molecule has 2 nitrogen and oxygen atoms in total. The predicted octanol–water partition coefficient (Wildman–Crippen LogP) is 3.19. The molecule has 0 saturated heterocycles. The molecule has 16 heavy (non-hydrogen) atoms. The highest BCUT2D eigenvalue weighted by Gasteiger charge is 2.39. The summed E-state index contributed by atoms with van der Waals surface area (Å²) < 4.78 is 0. The van der Waals surface area contributed by atoms with Crippen LogP contribution in [0.15, 0.2) is 0 Å². The molecule has 0 N–H and O–H groups in total. The van der Waals surface area contributed by atoms with Gasteiger partial charge in [0.25, 0.3) is 0 Å². The summed E-state index contributed by atoms with van der Waals surface area (Å²) in [7, 11) is 0. The Morgan fingerprint density at radius 2 is 1.94 bits per heavy atom. The number of hydrogen-bond donors (Lipinski definition) is 0. The fraction of sp³-hybridized carbons (Fsp3) is 0.929. The molecule has 90 valence electrons. The maximum absolute atomic E-state index is 9.29. The lowest BCUT2D eigenvalue weighted by Gasteiger charge is -2.40. The average molecular weight is 220 g/mol. The Morgan fingerprint density at radius 3 is 2.44 bits per heavy atom. The zero-order valence-corrected chi connectivity index (χ0v) is 10.7. The van der Waals surface area contributed by atoms with Gasteiger partial charge in [0.15, 0.2) is 0 Å². The Bertz CT molecular complexity index is 264. The minimum absolute atomic E-state index is 0.295. The summed E-state index contributed by atoms with van der Waals surface area (Å²) in [5.41, 5.74) is 0. The van der Waals surface area contributed by atoms with Crippen LogP contribution in [0.3, 0.4) is 0 Å². The molecule has 2 rings (SSSR count). The summed E-state index contributed by atoms with van der Waals surface area (Å²) in [6, 6.07) is 3.92. The molecule has 0 amide bonds. The zero-order valence-electron chi connectivity index (χ0n) is 10.7. The monoisotopic (exact) mass is 220 g/mol. The molecule has 0 aromatic heterocycles. The largest absolute Gasteiger partial charge is 0.296 e. The van der Waals surface area contributed by atoms with Gasteiger partial charge in [-0.1, -0.05) is 20.3 Å². The van der Waals surface area contributed by atoms with Gasteiger partial charge in [0.1, 0.15) is 0 Å². The average Bonchev–Trinajstić information content (AvgIpc) is 3.14. The predicted molar refractivity (Wildman–Crippen MR) is 65.9 cm³/mol. The summed E-state index contributed by atoms with van der Waals surface area (Å²) >= 11 is 0. The van der Waals surface area contributed by atoms with E-state index in [0.29, 0.717) is 12.0 Å². The van der Waals surface area contributed by atoms with Crippen LogP contribution in [0, 0.1) is 23.2 Å². The first kappa shape index (κ1) is 11.9. The lowest BCUT2D eigenvalue weighted by Crippen LogP contribution is -2.45. The maximum atomic E-state index is 9.29. The van der Waals surface area contributed by atoms with E-state index in [-0.39, 0.29) is 0 Å². The highest BCUT2D eigenvalue weighted by atomic mass is 15.2. The molecule has 3 unspecified atom stereocenters. The van der Waals surface area contributed by atoms with Crippen molar-refractivity contribution in [1.82, 2.24) is 4.90 Å². The third-order valence-electron chi connectivity index (χ3n) is 4.48. The molecule has 0 aliphatic heterocycles. The smallest absolute Gasteiger partial charge is 0.0672 e. The number of hydrogen-bond acceptors (Lipinski definition) is 2. The van der Waals surface area contributed by atoms with E-state index in [1.165, 1.54) is 32.1 Å². The van der Waals surface area contributed by atoms with Crippen LogP contribution in [-0.2, 0) is 0 Å². The van der Waals surface area contributed by atoms with Crippen LogP contribution in [0.2, 0.25) is 0 Å². The second-order valence-corrected chi connectivity index (χ2v) is 5.45. The Morgan fingerprint density at radius 1 is 1.19 bits per heavy atom. The summed E-state index contributed by atoms with van der Waals surface area (Å²) in [4.78, 5) is 2.62. The molecular formula is C14H24N2. The van der Waals surface area contributed by atoms with Gasteiger partial charge in [-0.05, 0) is 44.6 Å². The van der Waals surface area contributed by atoms with Crippen LogP contribution < -0.4 is 0 Å². The third-order valence-corrected chi connectivity index (χ3v) is 4.48. The van der Waals surface area contributed by atoms with Gasteiger partial charge in [0, 0.05) is 12.1 Å². The Kier molecular flexibility index (Phi) is 3.86. The molecule has 0 spiro atoms. The first-order chi connectivity index (χ1) is 7.80.